The summed E-state index contributed by atoms with van der Waals surface area (Å²) < 4.78 is 3.28. The smallest absolute Gasteiger partial charge is 0.341 e. The van der Waals surface area contributed by atoms with Crippen molar-refractivity contribution < 1.29 is 9.53 Å². The summed E-state index contributed by atoms with van der Waals surface area (Å²) >= 11 is 17.0. The molecule has 0 fully saturated rings. The zero-order chi connectivity index (χ0) is 12.2. The van der Waals surface area contributed by atoms with Crippen molar-refractivity contribution in [2.24, 2.45) is 0 Å². The molecule has 0 bridgehead atoms. The van der Waals surface area contributed by atoms with Gasteiger partial charge in [0, 0.05) is 0 Å². The zero-order valence-corrected chi connectivity index (χ0v) is 10.9. The predicted molar refractivity (Wildman–Crippen MR) is 63.0 cm³/mol. The largest absolute Gasteiger partial charge is 0.462 e. The third-order valence-corrected chi connectivity index (χ3v) is 2.44. The van der Waals surface area contributed by atoms with Crippen LogP contribution in [-0.4, -0.2) is 22.8 Å². The van der Waals surface area contributed by atoms with E-state index in [1.54, 1.807) is 0 Å². The van der Waals surface area contributed by atoms with Crippen molar-refractivity contribution in [3.8, 4) is 0 Å². The van der Waals surface area contributed by atoms with Crippen LogP contribution >= 0.6 is 34.8 Å². The Morgan fingerprint density at radius 3 is 2.81 bits per heavy atom. The molecule has 0 unspecified atom stereocenters. The molecule has 1 heterocycles. The van der Waals surface area contributed by atoms with E-state index in [0.29, 0.717) is 6.61 Å². The molecule has 0 aliphatic rings. The van der Waals surface area contributed by atoms with Crippen LogP contribution in [0.25, 0.3) is 0 Å². The van der Waals surface area contributed by atoms with Gasteiger partial charge in [0.15, 0.2) is 0 Å². The van der Waals surface area contributed by atoms with E-state index < -0.39 is 9.76 Å². The average molecular weight is 286 g/mol. The maximum atomic E-state index is 11.6. The number of alkyl halides is 3. The van der Waals surface area contributed by atoms with Crippen LogP contribution < -0.4 is 0 Å². The van der Waals surface area contributed by atoms with Gasteiger partial charge in [-0.1, -0.05) is 48.1 Å². The second-order valence-corrected chi connectivity index (χ2v) is 5.43. The molecular formula is C9H11Cl3N2O2. The van der Waals surface area contributed by atoms with Gasteiger partial charge in [-0.05, 0) is 6.42 Å². The Bertz CT molecular complexity index is 360. The molecule has 0 aromatic carbocycles. The number of ether oxygens (including phenoxy) is 1. The van der Waals surface area contributed by atoms with Crippen molar-refractivity contribution in [2.75, 3.05) is 6.61 Å². The van der Waals surface area contributed by atoms with Gasteiger partial charge in [-0.2, -0.15) is 5.10 Å². The molecule has 4 nitrogen and oxygen atoms in total. The number of esters is 1. The number of hydrogen-bond acceptors (Lipinski definition) is 3. The van der Waals surface area contributed by atoms with Gasteiger partial charge in [-0.25, -0.2) is 4.79 Å². The van der Waals surface area contributed by atoms with E-state index in [-0.39, 0.29) is 11.3 Å². The number of rotatable bonds is 4. The number of aromatic nitrogens is 2. The number of hydrogen-bond donors (Lipinski definition) is 1. The first kappa shape index (κ1) is 13.6. The minimum Gasteiger partial charge on any atom is -0.462 e. The zero-order valence-electron chi connectivity index (χ0n) is 8.60. The number of H-pyrrole nitrogens is 1. The second kappa shape index (κ2) is 5.75. The molecule has 7 heteroatoms. The molecule has 0 aliphatic heterocycles. The van der Waals surface area contributed by atoms with E-state index in [9.17, 15) is 4.79 Å². The van der Waals surface area contributed by atoms with Crippen LogP contribution in [0.2, 0.25) is 0 Å². The van der Waals surface area contributed by atoms with Crippen molar-refractivity contribution >= 4 is 40.8 Å². The van der Waals surface area contributed by atoms with Crippen LogP contribution in [0.4, 0.5) is 0 Å². The lowest BCUT2D eigenvalue weighted by molar-refractivity contribution is 0.0498. The van der Waals surface area contributed by atoms with Crippen molar-refractivity contribution in [3.05, 3.63) is 17.5 Å². The molecule has 1 N–H and O–H groups in total. The van der Waals surface area contributed by atoms with Crippen molar-refractivity contribution in [2.45, 2.75) is 23.6 Å². The fourth-order valence-corrected chi connectivity index (χ4v) is 1.48. The molecule has 0 saturated heterocycles. The third kappa shape index (κ3) is 3.54. The molecule has 90 valence electrons. The second-order valence-electron chi connectivity index (χ2n) is 3.15. The van der Waals surface area contributed by atoms with Crippen LogP contribution in [0.5, 0.6) is 0 Å². The number of unbranched alkanes of at least 4 members (excludes halogenated alkanes) is 1. The molecule has 1 aromatic rings. The number of carbonyl (C=O) groups is 1. The summed E-state index contributed by atoms with van der Waals surface area (Å²) in [5, 5.41) is 6.13. The average Bonchev–Trinajstić information content (AvgIpc) is 2.65. The maximum absolute atomic E-state index is 11.6. The molecule has 0 amide bonds. The van der Waals surface area contributed by atoms with E-state index in [1.165, 1.54) is 6.20 Å². The fraction of sp³-hybridized carbons (Fsp3) is 0.556. The van der Waals surface area contributed by atoms with Gasteiger partial charge >= 0.3 is 5.97 Å². The van der Waals surface area contributed by atoms with E-state index in [2.05, 4.69) is 10.2 Å². The first-order chi connectivity index (χ1) is 7.46. The molecule has 0 radical (unpaired) electrons. The Morgan fingerprint density at radius 2 is 2.25 bits per heavy atom. The van der Waals surface area contributed by atoms with Gasteiger partial charge in [0.1, 0.15) is 11.3 Å². The third-order valence-electron chi connectivity index (χ3n) is 1.87. The number of aromatic amines is 1. The van der Waals surface area contributed by atoms with Crippen molar-refractivity contribution in [1.82, 2.24) is 10.2 Å². The SMILES string of the molecule is CCCCOC(=O)c1cn[nH]c1C(Cl)(Cl)Cl. The molecule has 1 aromatic heterocycles. The fourth-order valence-electron chi connectivity index (χ4n) is 1.04. The maximum Gasteiger partial charge on any atom is 0.341 e. The number of nitrogens with zero attached hydrogens (tertiary/aromatic N) is 1. The van der Waals surface area contributed by atoms with Crippen LogP contribution in [0.1, 0.15) is 35.8 Å². The summed E-state index contributed by atoms with van der Waals surface area (Å²) in [5.41, 5.74) is 0.273. The standard InChI is InChI=1S/C9H11Cl3N2O2/c1-2-3-4-16-8(15)6-5-13-14-7(6)9(10,11)12/h5H,2-4H2,1H3,(H,13,14). The monoisotopic (exact) mass is 284 g/mol. The van der Waals surface area contributed by atoms with E-state index in [0.717, 1.165) is 12.8 Å². The molecular weight excluding hydrogens is 274 g/mol. The van der Waals surface area contributed by atoms with Crippen molar-refractivity contribution in [1.29, 1.82) is 0 Å². The predicted octanol–water partition coefficient (Wildman–Crippen LogP) is 3.19. The minimum absolute atomic E-state index is 0.124. The molecule has 16 heavy (non-hydrogen) atoms. The lowest BCUT2D eigenvalue weighted by atomic mass is 10.2. The summed E-state index contributed by atoms with van der Waals surface area (Å²) in [6, 6.07) is 0. The Kier molecular flexibility index (Phi) is 4.89. The van der Waals surface area contributed by atoms with E-state index in [1.807, 2.05) is 6.92 Å². The van der Waals surface area contributed by atoms with Crippen molar-refractivity contribution in [3.63, 3.8) is 0 Å². The quantitative estimate of drug-likeness (QED) is 0.525. The van der Waals surface area contributed by atoms with Gasteiger partial charge in [0.25, 0.3) is 0 Å². The Morgan fingerprint density at radius 1 is 1.56 bits per heavy atom. The highest BCUT2D eigenvalue weighted by molar-refractivity contribution is 6.66. The lowest BCUT2D eigenvalue weighted by Crippen LogP contribution is -2.12. The normalized spacial score (nSPS) is 11.5. The van der Waals surface area contributed by atoms with Crippen LogP contribution in [0.3, 0.4) is 0 Å². The van der Waals surface area contributed by atoms with Crippen LogP contribution in [-0.2, 0) is 8.53 Å². The van der Waals surface area contributed by atoms with Gasteiger partial charge < -0.3 is 4.74 Å². The highest BCUT2D eigenvalue weighted by atomic mass is 35.6. The summed E-state index contributed by atoms with van der Waals surface area (Å²) in [5.74, 6) is -0.538. The highest BCUT2D eigenvalue weighted by Crippen LogP contribution is 2.38. The van der Waals surface area contributed by atoms with Gasteiger partial charge in [0.2, 0.25) is 3.79 Å². The number of carbonyl (C=O) groups excluding carboxylic acids is 1. The highest BCUT2D eigenvalue weighted by Gasteiger charge is 2.31. The van der Waals surface area contributed by atoms with Crippen LogP contribution in [0, 0.1) is 0 Å². The van der Waals surface area contributed by atoms with E-state index >= 15 is 0 Å². The van der Waals surface area contributed by atoms with Gasteiger partial charge in [0.05, 0.1) is 12.8 Å². The lowest BCUT2D eigenvalue weighted by Gasteiger charge is -2.10. The van der Waals surface area contributed by atoms with Crippen LogP contribution in [0.15, 0.2) is 6.20 Å². The number of nitrogens with one attached hydrogen (secondary N) is 1. The molecule has 0 spiro atoms. The Labute approximate surface area is 108 Å². The summed E-state index contributed by atoms with van der Waals surface area (Å²) in [4.78, 5) is 11.6. The summed E-state index contributed by atoms with van der Waals surface area (Å²) in [7, 11) is 0. The molecule has 1 rings (SSSR count). The molecule has 0 aliphatic carbocycles. The first-order valence-corrected chi connectivity index (χ1v) is 5.88. The first-order valence-electron chi connectivity index (χ1n) is 4.74. The Balaban J connectivity index is 2.73. The topological polar surface area (TPSA) is 55.0 Å². The number of halogens is 3. The molecule has 0 atom stereocenters. The molecule has 0 saturated carbocycles. The Hall–Kier alpha value is -0.450. The summed E-state index contributed by atoms with van der Waals surface area (Å²) in [6.07, 6.45) is 3.02. The summed E-state index contributed by atoms with van der Waals surface area (Å²) in [6.45, 7) is 2.35. The van der Waals surface area contributed by atoms with Gasteiger partial charge in [-0.15, -0.1) is 0 Å². The minimum atomic E-state index is -1.71. The van der Waals surface area contributed by atoms with E-state index in [4.69, 9.17) is 39.5 Å². The van der Waals surface area contributed by atoms with Gasteiger partial charge in [-0.3, -0.25) is 5.10 Å².